The number of ether oxygens (including phenoxy) is 1. The number of carbonyl (C=O) groups is 2. The van der Waals surface area contributed by atoms with E-state index in [0.717, 1.165) is 27.8 Å². The molecule has 0 aliphatic rings. The van der Waals surface area contributed by atoms with Crippen LogP contribution in [0.4, 0.5) is 10.6 Å². The zero-order chi connectivity index (χ0) is 22.5. The average Bonchev–Trinajstić information content (AvgIpc) is 3.08. The first-order valence-corrected chi connectivity index (χ1v) is 10.2. The molecule has 31 heavy (non-hydrogen) atoms. The third kappa shape index (κ3) is 5.51. The summed E-state index contributed by atoms with van der Waals surface area (Å²) >= 11 is 0. The highest BCUT2D eigenvalue weighted by Crippen LogP contribution is 2.30. The molecular weight excluding hydrogens is 394 g/mol. The van der Waals surface area contributed by atoms with Crippen LogP contribution in [0.3, 0.4) is 0 Å². The lowest BCUT2D eigenvalue weighted by molar-refractivity contribution is -0.136. The van der Waals surface area contributed by atoms with E-state index >= 15 is 0 Å². The Balaban J connectivity index is 1.77. The van der Waals surface area contributed by atoms with Crippen LogP contribution in [0.15, 0.2) is 54.7 Å². The number of rotatable bonds is 7. The van der Waals surface area contributed by atoms with Gasteiger partial charge >= 0.3 is 12.1 Å². The Bertz CT molecular complexity index is 1050. The van der Waals surface area contributed by atoms with Crippen molar-refractivity contribution in [2.24, 2.45) is 13.0 Å². The molecule has 0 aliphatic carbocycles. The molecular formula is C24H27N3O4. The Morgan fingerprint density at radius 2 is 1.55 bits per heavy atom. The number of benzene rings is 2. The Morgan fingerprint density at radius 3 is 2.10 bits per heavy atom. The van der Waals surface area contributed by atoms with E-state index in [1.807, 2.05) is 69.3 Å². The molecule has 1 amide bonds. The molecule has 0 spiro atoms. The van der Waals surface area contributed by atoms with Crippen molar-refractivity contribution < 1.29 is 19.4 Å². The number of aliphatic carboxylic acids is 1. The molecule has 162 valence electrons. The first-order valence-electron chi connectivity index (χ1n) is 10.2. The van der Waals surface area contributed by atoms with Gasteiger partial charge in [-0.3, -0.25) is 14.8 Å². The van der Waals surface area contributed by atoms with Gasteiger partial charge in [-0.25, -0.2) is 4.79 Å². The standard InChI is InChI=1S/C24H27N3O4/c1-15(2)16(3)31-24(30)26-23-21(14-25-27(23)4)20-11-9-19(10-12-20)18-7-5-17(6-8-18)13-22(28)29/h5-12,14-16H,13H2,1-4H3,(H,26,30)(H,28,29). The van der Waals surface area contributed by atoms with Crippen LogP contribution < -0.4 is 5.32 Å². The van der Waals surface area contributed by atoms with Gasteiger partial charge < -0.3 is 9.84 Å². The topological polar surface area (TPSA) is 93.4 Å². The SMILES string of the molecule is CC(C)C(C)OC(=O)Nc1c(-c2ccc(-c3ccc(CC(=O)O)cc3)cc2)cnn1C. The summed E-state index contributed by atoms with van der Waals surface area (Å²) in [5, 5.41) is 16.0. The van der Waals surface area contributed by atoms with E-state index in [9.17, 15) is 9.59 Å². The van der Waals surface area contributed by atoms with Gasteiger partial charge in [0.25, 0.3) is 0 Å². The van der Waals surface area contributed by atoms with Gasteiger partial charge in [-0.2, -0.15) is 5.10 Å². The molecule has 0 bridgehead atoms. The smallest absolute Gasteiger partial charge is 0.413 e. The van der Waals surface area contributed by atoms with Gasteiger partial charge in [0.05, 0.1) is 12.6 Å². The predicted octanol–water partition coefficient (Wildman–Crippen LogP) is 4.97. The Morgan fingerprint density at radius 1 is 1.00 bits per heavy atom. The molecule has 2 N–H and O–H groups in total. The molecule has 0 fully saturated rings. The van der Waals surface area contributed by atoms with Crippen LogP contribution in [-0.4, -0.2) is 33.1 Å². The minimum atomic E-state index is -0.847. The lowest BCUT2D eigenvalue weighted by atomic mass is 10.00. The van der Waals surface area contributed by atoms with Crippen molar-refractivity contribution >= 4 is 17.9 Å². The Labute approximate surface area is 181 Å². The zero-order valence-electron chi connectivity index (χ0n) is 18.1. The van der Waals surface area contributed by atoms with E-state index in [0.29, 0.717) is 5.82 Å². The lowest BCUT2D eigenvalue weighted by Gasteiger charge is -2.17. The van der Waals surface area contributed by atoms with Gasteiger partial charge in [-0.05, 0) is 35.1 Å². The van der Waals surface area contributed by atoms with E-state index in [2.05, 4.69) is 10.4 Å². The molecule has 1 aromatic heterocycles. The van der Waals surface area contributed by atoms with E-state index < -0.39 is 12.1 Å². The fourth-order valence-electron chi connectivity index (χ4n) is 3.06. The van der Waals surface area contributed by atoms with Gasteiger partial charge in [0.1, 0.15) is 11.9 Å². The maximum atomic E-state index is 12.3. The molecule has 1 heterocycles. The summed E-state index contributed by atoms with van der Waals surface area (Å²) in [5.41, 5.74) is 4.47. The number of nitrogens with one attached hydrogen (secondary N) is 1. The monoisotopic (exact) mass is 421 g/mol. The number of amides is 1. The Hall–Kier alpha value is -3.61. The fraction of sp³-hybridized carbons (Fsp3) is 0.292. The minimum absolute atomic E-state index is 0.00832. The van der Waals surface area contributed by atoms with Crippen molar-refractivity contribution in [1.82, 2.24) is 9.78 Å². The van der Waals surface area contributed by atoms with Crippen molar-refractivity contribution in [3.63, 3.8) is 0 Å². The third-order valence-corrected chi connectivity index (χ3v) is 5.23. The summed E-state index contributed by atoms with van der Waals surface area (Å²) in [6.45, 7) is 5.85. The van der Waals surface area contributed by atoms with E-state index in [-0.39, 0.29) is 18.4 Å². The second-order valence-electron chi connectivity index (χ2n) is 7.85. The van der Waals surface area contributed by atoms with Crippen LogP contribution in [0, 0.1) is 5.92 Å². The molecule has 7 nitrogen and oxygen atoms in total. The predicted molar refractivity (Wildman–Crippen MR) is 120 cm³/mol. The minimum Gasteiger partial charge on any atom is -0.481 e. The maximum Gasteiger partial charge on any atom is 0.413 e. The summed E-state index contributed by atoms with van der Waals surface area (Å²) in [6.07, 6.45) is 1.01. The summed E-state index contributed by atoms with van der Waals surface area (Å²) in [5.74, 6) is -0.0604. The highest BCUT2D eigenvalue weighted by Gasteiger charge is 2.17. The van der Waals surface area contributed by atoms with Gasteiger partial charge in [-0.15, -0.1) is 0 Å². The average molecular weight is 421 g/mol. The normalized spacial score (nSPS) is 11.9. The summed E-state index contributed by atoms with van der Waals surface area (Å²) in [7, 11) is 1.76. The number of carbonyl (C=O) groups excluding carboxylic acids is 1. The van der Waals surface area contributed by atoms with E-state index in [1.54, 1.807) is 17.9 Å². The Kier molecular flexibility index (Phi) is 6.74. The molecule has 7 heteroatoms. The number of hydrogen-bond acceptors (Lipinski definition) is 4. The number of aromatic nitrogens is 2. The van der Waals surface area contributed by atoms with Crippen molar-refractivity contribution in [3.8, 4) is 22.3 Å². The van der Waals surface area contributed by atoms with Crippen LogP contribution in [-0.2, 0) is 23.0 Å². The molecule has 2 aromatic carbocycles. The highest BCUT2D eigenvalue weighted by molar-refractivity contribution is 5.90. The molecule has 3 rings (SSSR count). The molecule has 0 saturated heterocycles. The number of carboxylic acids is 1. The number of hydrogen-bond donors (Lipinski definition) is 2. The van der Waals surface area contributed by atoms with Crippen LogP contribution >= 0.6 is 0 Å². The highest BCUT2D eigenvalue weighted by atomic mass is 16.6. The van der Waals surface area contributed by atoms with Crippen molar-refractivity contribution in [2.75, 3.05) is 5.32 Å². The summed E-state index contributed by atoms with van der Waals surface area (Å²) in [4.78, 5) is 23.1. The number of nitrogens with zero attached hydrogens (tertiary/aromatic N) is 2. The van der Waals surface area contributed by atoms with Gasteiger partial charge in [0, 0.05) is 12.6 Å². The number of aryl methyl sites for hydroxylation is 1. The van der Waals surface area contributed by atoms with E-state index in [1.165, 1.54) is 0 Å². The van der Waals surface area contributed by atoms with Crippen molar-refractivity contribution in [3.05, 3.63) is 60.3 Å². The maximum absolute atomic E-state index is 12.3. The van der Waals surface area contributed by atoms with Crippen LogP contribution in [0.25, 0.3) is 22.3 Å². The molecule has 0 saturated carbocycles. The zero-order valence-corrected chi connectivity index (χ0v) is 18.1. The first-order chi connectivity index (χ1) is 14.7. The van der Waals surface area contributed by atoms with Crippen molar-refractivity contribution in [1.29, 1.82) is 0 Å². The molecule has 1 unspecified atom stereocenters. The lowest BCUT2D eigenvalue weighted by Crippen LogP contribution is -2.25. The largest absolute Gasteiger partial charge is 0.481 e. The first kappa shape index (κ1) is 22.1. The van der Waals surface area contributed by atoms with E-state index in [4.69, 9.17) is 9.84 Å². The van der Waals surface area contributed by atoms with Crippen LogP contribution in [0.1, 0.15) is 26.3 Å². The second-order valence-corrected chi connectivity index (χ2v) is 7.85. The quantitative estimate of drug-likeness (QED) is 0.561. The van der Waals surface area contributed by atoms with Gasteiger partial charge in [0.15, 0.2) is 0 Å². The summed E-state index contributed by atoms with van der Waals surface area (Å²) in [6, 6.07) is 15.4. The molecule has 1 atom stereocenters. The van der Waals surface area contributed by atoms with Gasteiger partial charge in [-0.1, -0.05) is 62.4 Å². The summed E-state index contributed by atoms with van der Waals surface area (Å²) < 4.78 is 7.02. The van der Waals surface area contributed by atoms with Gasteiger partial charge in [0.2, 0.25) is 0 Å². The third-order valence-electron chi connectivity index (χ3n) is 5.23. The van der Waals surface area contributed by atoms with Crippen molar-refractivity contribution in [2.45, 2.75) is 33.3 Å². The van der Waals surface area contributed by atoms with Crippen LogP contribution in [0.5, 0.6) is 0 Å². The molecule has 3 aromatic rings. The fourth-order valence-corrected chi connectivity index (χ4v) is 3.06. The number of anilines is 1. The molecule has 0 aliphatic heterocycles. The second kappa shape index (κ2) is 9.47. The molecule has 0 radical (unpaired) electrons. The number of carboxylic acid groups (broad SMARTS) is 1. The van der Waals surface area contributed by atoms with Crippen LogP contribution in [0.2, 0.25) is 0 Å².